The molecule has 0 amide bonds. The number of fused-ring (bicyclic) bond motifs is 1. The van der Waals surface area contributed by atoms with Crippen LogP contribution in [0.25, 0.3) is 16.9 Å². The van der Waals surface area contributed by atoms with E-state index in [1.807, 2.05) is 0 Å². The van der Waals surface area contributed by atoms with Gasteiger partial charge in [0, 0.05) is 18.3 Å². The molecule has 0 aliphatic heterocycles. The van der Waals surface area contributed by atoms with Crippen LogP contribution >= 0.6 is 11.6 Å². The Morgan fingerprint density at radius 3 is 2.41 bits per heavy atom. The number of hydrogen-bond donors (Lipinski definition) is 0. The van der Waals surface area contributed by atoms with Gasteiger partial charge < -0.3 is 4.74 Å². The molecule has 1 aromatic carbocycles. The Hall–Kier alpha value is -2.62. The largest absolute Gasteiger partial charge is 0.435 e. The summed E-state index contributed by atoms with van der Waals surface area (Å²) in [4.78, 5) is 12.9. The Labute approximate surface area is 166 Å². The number of ether oxygens (including phenoxy) is 1. The maximum atomic E-state index is 13.2. The topological polar surface area (TPSA) is 48.5 Å². The normalized spacial score (nSPS) is 13.3. The van der Waals surface area contributed by atoms with Gasteiger partial charge in [0.05, 0.1) is 10.9 Å². The predicted molar refractivity (Wildman–Crippen MR) is 96.7 cm³/mol. The molecule has 0 aliphatic rings. The summed E-state index contributed by atoms with van der Waals surface area (Å²) < 4.78 is 70.8. The van der Waals surface area contributed by atoms with Gasteiger partial charge in [-0.1, -0.05) is 11.6 Å². The molecule has 5 nitrogen and oxygen atoms in total. The van der Waals surface area contributed by atoms with Crippen LogP contribution in [0.2, 0.25) is 5.02 Å². The number of rotatable bonds is 4. The monoisotopic (exact) mass is 435 g/mol. The van der Waals surface area contributed by atoms with Crippen molar-refractivity contribution < 1.29 is 26.7 Å². The predicted octanol–water partition coefficient (Wildman–Crippen LogP) is 4.93. The van der Waals surface area contributed by atoms with E-state index in [9.17, 15) is 26.7 Å². The summed E-state index contributed by atoms with van der Waals surface area (Å²) in [6.07, 6.45) is -4.53. The summed E-state index contributed by atoms with van der Waals surface area (Å²) in [5, 5.41) is 4.27. The third-order valence-corrected chi connectivity index (χ3v) is 4.88. The van der Waals surface area contributed by atoms with Crippen molar-refractivity contribution in [2.24, 2.45) is 7.05 Å². The van der Waals surface area contributed by atoms with Crippen LogP contribution in [0.15, 0.2) is 29.1 Å². The van der Waals surface area contributed by atoms with Crippen LogP contribution in [0.1, 0.15) is 24.1 Å². The molecule has 0 fully saturated rings. The third-order valence-electron chi connectivity index (χ3n) is 4.57. The summed E-state index contributed by atoms with van der Waals surface area (Å²) in [7, 11) is 1.34. The number of halogens is 6. The first-order valence-electron chi connectivity index (χ1n) is 8.32. The molecular formula is C18H15ClF5N3O2. The molecule has 0 spiro atoms. The van der Waals surface area contributed by atoms with E-state index in [0.717, 1.165) is 22.1 Å². The summed E-state index contributed by atoms with van der Waals surface area (Å²) in [6.45, 7) is -0.537. The summed E-state index contributed by atoms with van der Waals surface area (Å²) >= 11 is 6.14. The molecule has 3 aromatic rings. The first kappa shape index (κ1) is 21.1. The molecule has 2 heterocycles. The van der Waals surface area contributed by atoms with Gasteiger partial charge in [-0.2, -0.15) is 22.0 Å². The van der Waals surface area contributed by atoms with Gasteiger partial charge in [0.1, 0.15) is 11.3 Å². The minimum atomic E-state index is -4.53. The zero-order valence-electron chi connectivity index (χ0n) is 15.4. The first-order chi connectivity index (χ1) is 13.4. The average Bonchev–Trinajstić information content (AvgIpc) is 2.93. The highest BCUT2D eigenvalue weighted by Crippen LogP contribution is 2.37. The Balaban J connectivity index is 2.21. The van der Waals surface area contributed by atoms with Crippen LogP contribution in [0.3, 0.4) is 0 Å². The average molecular weight is 436 g/mol. The Morgan fingerprint density at radius 2 is 1.86 bits per heavy atom. The molecule has 1 unspecified atom stereocenters. The zero-order valence-corrected chi connectivity index (χ0v) is 16.1. The molecular weight excluding hydrogens is 421 g/mol. The fourth-order valence-electron chi connectivity index (χ4n) is 3.01. The van der Waals surface area contributed by atoms with Gasteiger partial charge in [0.15, 0.2) is 5.82 Å². The van der Waals surface area contributed by atoms with Crippen LogP contribution in [-0.4, -0.2) is 27.0 Å². The molecule has 11 heteroatoms. The van der Waals surface area contributed by atoms with Crippen LogP contribution in [0.4, 0.5) is 22.0 Å². The molecule has 0 saturated carbocycles. The molecule has 1 atom stereocenters. The Kier molecular flexibility index (Phi) is 5.33. The summed E-state index contributed by atoms with van der Waals surface area (Å²) in [5.41, 5.74) is -0.501. The fraction of sp³-hybridized carbons (Fsp3) is 0.333. The zero-order chi connectivity index (χ0) is 21.7. The van der Waals surface area contributed by atoms with Crippen molar-refractivity contribution in [2.75, 3.05) is 0 Å². The van der Waals surface area contributed by atoms with Crippen LogP contribution in [0, 0.1) is 6.92 Å². The second kappa shape index (κ2) is 7.33. The smallest absolute Gasteiger partial charge is 0.395 e. The van der Waals surface area contributed by atoms with Crippen molar-refractivity contribution in [3.8, 4) is 17.1 Å². The lowest BCUT2D eigenvalue weighted by Gasteiger charge is -2.16. The number of alkyl halides is 5. The van der Waals surface area contributed by atoms with Crippen molar-refractivity contribution in [2.45, 2.75) is 32.6 Å². The van der Waals surface area contributed by atoms with Gasteiger partial charge in [-0.25, -0.2) is 4.52 Å². The van der Waals surface area contributed by atoms with Crippen molar-refractivity contribution >= 4 is 17.1 Å². The minimum absolute atomic E-state index is 0.0151. The Bertz CT molecular complexity index is 1140. The second-order valence-corrected chi connectivity index (χ2v) is 6.88. The van der Waals surface area contributed by atoms with E-state index >= 15 is 0 Å². The highest BCUT2D eigenvalue weighted by molar-refractivity contribution is 6.33. The van der Waals surface area contributed by atoms with Gasteiger partial charge in [0.25, 0.3) is 5.56 Å². The first-order valence-corrected chi connectivity index (χ1v) is 8.70. The highest BCUT2D eigenvalue weighted by Gasteiger charge is 2.39. The van der Waals surface area contributed by atoms with E-state index in [1.54, 1.807) is 0 Å². The van der Waals surface area contributed by atoms with E-state index in [1.165, 1.54) is 32.2 Å². The molecule has 0 N–H and O–H groups in total. The second-order valence-electron chi connectivity index (χ2n) is 6.47. The van der Waals surface area contributed by atoms with Crippen molar-refractivity contribution in [3.63, 3.8) is 0 Å². The number of nitrogens with zero attached hydrogens (tertiary/aromatic N) is 3. The fourth-order valence-corrected chi connectivity index (χ4v) is 3.26. The van der Waals surface area contributed by atoms with E-state index in [-0.39, 0.29) is 33.2 Å². The number of hydrogen-bond acceptors (Lipinski definition) is 3. The van der Waals surface area contributed by atoms with Gasteiger partial charge in [-0.05, 0) is 43.7 Å². The molecule has 3 rings (SSSR count). The van der Waals surface area contributed by atoms with Gasteiger partial charge >= 0.3 is 12.8 Å². The maximum absolute atomic E-state index is 13.2. The third kappa shape index (κ3) is 3.81. The van der Waals surface area contributed by atoms with E-state index in [2.05, 4.69) is 9.84 Å². The van der Waals surface area contributed by atoms with Gasteiger partial charge in [0.2, 0.25) is 0 Å². The van der Waals surface area contributed by atoms with Crippen molar-refractivity contribution in [1.29, 1.82) is 0 Å². The number of aryl methyl sites for hydroxylation is 1. The molecule has 2 aromatic heterocycles. The lowest BCUT2D eigenvalue weighted by Crippen LogP contribution is -2.26. The summed E-state index contributed by atoms with van der Waals surface area (Å²) in [5.74, 6) is -1.99. The molecule has 0 bridgehead atoms. The molecule has 0 aliphatic carbocycles. The van der Waals surface area contributed by atoms with E-state index in [0.29, 0.717) is 5.69 Å². The van der Waals surface area contributed by atoms with Gasteiger partial charge in [-0.3, -0.25) is 9.36 Å². The molecule has 0 saturated heterocycles. The molecule has 156 valence electrons. The number of aromatic nitrogens is 3. The lowest BCUT2D eigenvalue weighted by molar-refractivity contribution is -0.146. The van der Waals surface area contributed by atoms with E-state index < -0.39 is 24.3 Å². The number of benzene rings is 1. The van der Waals surface area contributed by atoms with Crippen LogP contribution < -0.4 is 10.3 Å². The highest BCUT2D eigenvalue weighted by atomic mass is 35.5. The SMILES string of the molecule is Cc1cc(C(C)C(F)(F)F)c2c(=O)n(C)c(-c3ccc(OC(F)F)cc3Cl)nn12. The standard InChI is InChI=1S/C18H15ClF5N3O2/c1-8-6-12(9(2)18(22,23)24)14-16(28)26(3)15(25-27(8)14)11-5-4-10(7-13(11)19)29-17(20)21/h4-7,9,17H,1-3H3. The lowest BCUT2D eigenvalue weighted by atomic mass is 10.0. The quantitative estimate of drug-likeness (QED) is 0.546. The minimum Gasteiger partial charge on any atom is -0.435 e. The van der Waals surface area contributed by atoms with Crippen LogP contribution in [-0.2, 0) is 7.05 Å². The molecule has 29 heavy (non-hydrogen) atoms. The van der Waals surface area contributed by atoms with Crippen LogP contribution in [0.5, 0.6) is 5.75 Å². The van der Waals surface area contributed by atoms with E-state index in [4.69, 9.17) is 11.6 Å². The Morgan fingerprint density at radius 1 is 1.21 bits per heavy atom. The van der Waals surface area contributed by atoms with Gasteiger partial charge in [-0.15, -0.1) is 5.10 Å². The van der Waals surface area contributed by atoms with Crippen molar-refractivity contribution in [1.82, 2.24) is 14.2 Å². The molecule has 0 radical (unpaired) electrons. The van der Waals surface area contributed by atoms with Crippen molar-refractivity contribution in [3.05, 3.63) is 50.9 Å². The maximum Gasteiger partial charge on any atom is 0.395 e. The summed E-state index contributed by atoms with van der Waals surface area (Å²) in [6, 6.07) is 4.97.